The Morgan fingerprint density at radius 2 is 1.04 bits per heavy atom. The molecule has 0 aromatic heterocycles. The molecule has 2 rings (SSSR count). The van der Waals surface area contributed by atoms with Crippen LogP contribution < -0.4 is 16.2 Å². The van der Waals surface area contributed by atoms with Crippen LogP contribution in [0.5, 0.6) is 11.5 Å². The maximum Gasteiger partial charge on any atom is 0.131 e. The van der Waals surface area contributed by atoms with E-state index in [1.54, 1.807) is 0 Å². The van der Waals surface area contributed by atoms with Gasteiger partial charge >= 0.3 is 0 Å². The molecule has 0 heterocycles. The minimum atomic E-state index is -0.144. The van der Waals surface area contributed by atoms with E-state index in [9.17, 15) is 0 Å². The van der Waals surface area contributed by atoms with Crippen LogP contribution in [0, 0.1) is 0 Å². The molecular formula is C20H28N2O. The predicted molar refractivity (Wildman–Crippen MR) is 97.1 cm³/mol. The highest BCUT2D eigenvalue weighted by molar-refractivity contribution is 5.46. The Morgan fingerprint density at radius 1 is 0.696 bits per heavy atom. The third-order valence-electron chi connectivity index (χ3n) is 4.47. The first-order valence-corrected chi connectivity index (χ1v) is 8.09. The average molecular weight is 312 g/mol. The van der Waals surface area contributed by atoms with Gasteiger partial charge in [0.25, 0.3) is 0 Å². The number of benzene rings is 2. The topological polar surface area (TPSA) is 61.3 Å². The fourth-order valence-corrected chi connectivity index (χ4v) is 2.57. The Labute approximate surface area is 139 Å². The molecular weight excluding hydrogens is 284 g/mol. The van der Waals surface area contributed by atoms with Gasteiger partial charge in [-0.1, -0.05) is 64.1 Å². The summed E-state index contributed by atoms with van der Waals surface area (Å²) in [4.78, 5) is 0. The lowest BCUT2D eigenvalue weighted by atomic mass is 9.83. The van der Waals surface area contributed by atoms with E-state index >= 15 is 0 Å². The lowest BCUT2D eigenvalue weighted by molar-refractivity contribution is 0.425. The molecule has 0 amide bonds. The number of hydrogen-bond acceptors (Lipinski definition) is 3. The van der Waals surface area contributed by atoms with Crippen LogP contribution in [-0.4, -0.2) is 13.1 Å². The summed E-state index contributed by atoms with van der Waals surface area (Å²) < 4.78 is 6.31. The number of nitrogens with two attached hydrogens (primary N) is 2. The minimum Gasteiger partial charge on any atom is -0.457 e. The van der Waals surface area contributed by atoms with Crippen LogP contribution in [0.25, 0.3) is 0 Å². The zero-order chi connectivity index (χ0) is 17.1. The number of hydrogen-bond donors (Lipinski definition) is 2. The van der Waals surface area contributed by atoms with Crippen molar-refractivity contribution in [2.24, 2.45) is 11.5 Å². The molecule has 0 saturated heterocycles. The third kappa shape index (κ3) is 3.74. The normalized spacial score (nSPS) is 12.3. The van der Waals surface area contributed by atoms with Gasteiger partial charge in [-0.05, 0) is 12.1 Å². The highest BCUT2D eigenvalue weighted by atomic mass is 16.5. The molecule has 0 fully saturated rings. The number of ether oxygens (including phenoxy) is 1. The molecule has 3 nitrogen and oxygen atoms in total. The molecule has 0 aliphatic rings. The first-order valence-electron chi connectivity index (χ1n) is 8.09. The van der Waals surface area contributed by atoms with Gasteiger partial charge in [-0.15, -0.1) is 0 Å². The second-order valence-electron chi connectivity index (χ2n) is 7.27. The Morgan fingerprint density at radius 3 is 1.39 bits per heavy atom. The van der Waals surface area contributed by atoms with Gasteiger partial charge in [-0.3, -0.25) is 0 Å². The molecule has 23 heavy (non-hydrogen) atoms. The highest BCUT2D eigenvalue weighted by Crippen LogP contribution is 2.37. The number of para-hydroxylation sites is 2. The maximum absolute atomic E-state index is 6.31. The fourth-order valence-electron chi connectivity index (χ4n) is 2.57. The lowest BCUT2D eigenvalue weighted by Crippen LogP contribution is -2.29. The zero-order valence-electron chi connectivity index (χ0n) is 14.6. The van der Waals surface area contributed by atoms with Crippen molar-refractivity contribution in [1.29, 1.82) is 0 Å². The van der Waals surface area contributed by atoms with E-state index in [2.05, 4.69) is 39.8 Å². The van der Waals surface area contributed by atoms with E-state index < -0.39 is 0 Å². The minimum absolute atomic E-state index is 0.144. The molecule has 0 unspecified atom stereocenters. The van der Waals surface area contributed by atoms with Crippen LogP contribution in [0.1, 0.15) is 38.8 Å². The summed E-state index contributed by atoms with van der Waals surface area (Å²) in [6.45, 7) is 9.64. The molecule has 0 aliphatic carbocycles. The van der Waals surface area contributed by atoms with Crippen molar-refractivity contribution in [3.63, 3.8) is 0 Å². The van der Waals surface area contributed by atoms with Crippen LogP contribution in [0.2, 0.25) is 0 Å². The standard InChI is InChI=1S/C20H28N2O/c1-19(2,13-21)15-9-5-7-11-17(15)23-18-12-8-6-10-16(18)20(3,4)14-22/h5-12H,13-14,21-22H2,1-4H3. The average Bonchev–Trinajstić information content (AvgIpc) is 2.55. The number of rotatable bonds is 6. The summed E-state index contributed by atoms with van der Waals surface area (Å²) in [5.74, 6) is 1.70. The van der Waals surface area contributed by atoms with Crippen molar-refractivity contribution in [2.45, 2.75) is 38.5 Å². The second-order valence-corrected chi connectivity index (χ2v) is 7.27. The molecule has 0 radical (unpaired) electrons. The van der Waals surface area contributed by atoms with Gasteiger partial charge in [0, 0.05) is 35.0 Å². The van der Waals surface area contributed by atoms with Crippen LogP contribution in [0.15, 0.2) is 48.5 Å². The third-order valence-corrected chi connectivity index (χ3v) is 4.47. The summed E-state index contributed by atoms with van der Waals surface area (Å²) in [5, 5.41) is 0. The first kappa shape index (κ1) is 17.5. The van der Waals surface area contributed by atoms with Gasteiger partial charge in [-0.2, -0.15) is 0 Å². The molecule has 124 valence electrons. The van der Waals surface area contributed by atoms with E-state index in [0.29, 0.717) is 13.1 Å². The molecule has 0 bridgehead atoms. The van der Waals surface area contributed by atoms with E-state index in [0.717, 1.165) is 22.6 Å². The second kappa shape index (κ2) is 6.73. The SMILES string of the molecule is CC(C)(CN)c1ccccc1Oc1ccccc1C(C)(C)CN. The van der Waals surface area contributed by atoms with Crippen LogP contribution in [-0.2, 0) is 10.8 Å². The van der Waals surface area contributed by atoms with Crippen molar-refractivity contribution < 1.29 is 4.74 Å². The van der Waals surface area contributed by atoms with Crippen molar-refractivity contribution in [3.05, 3.63) is 59.7 Å². The van der Waals surface area contributed by atoms with Gasteiger partial charge in [0.05, 0.1) is 0 Å². The molecule has 0 atom stereocenters. The molecule has 4 N–H and O–H groups in total. The Bertz CT molecular complexity index is 605. The largest absolute Gasteiger partial charge is 0.457 e. The fraction of sp³-hybridized carbons (Fsp3) is 0.400. The lowest BCUT2D eigenvalue weighted by Gasteiger charge is -2.28. The summed E-state index contributed by atoms with van der Waals surface area (Å²) in [6, 6.07) is 16.2. The van der Waals surface area contributed by atoms with Crippen molar-refractivity contribution >= 4 is 0 Å². The summed E-state index contributed by atoms with van der Waals surface area (Å²) >= 11 is 0. The van der Waals surface area contributed by atoms with Crippen molar-refractivity contribution in [1.82, 2.24) is 0 Å². The van der Waals surface area contributed by atoms with Gasteiger partial charge in [-0.25, -0.2) is 0 Å². The molecule has 0 spiro atoms. The predicted octanol–water partition coefficient (Wildman–Crippen LogP) is 3.95. The molecule has 0 aliphatic heterocycles. The van der Waals surface area contributed by atoms with Gasteiger partial charge in [0.1, 0.15) is 11.5 Å². The monoisotopic (exact) mass is 312 g/mol. The molecule has 2 aromatic rings. The van der Waals surface area contributed by atoms with Gasteiger partial charge in [0.2, 0.25) is 0 Å². The van der Waals surface area contributed by atoms with E-state index in [1.807, 2.05) is 36.4 Å². The first-order chi connectivity index (χ1) is 10.8. The molecule has 2 aromatic carbocycles. The quantitative estimate of drug-likeness (QED) is 0.849. The van der Waals surface area contributed by atoms with Crippen molar-refractivity contribution in [3.8, 4) is 11.5 Å². The van der Waals surface area contributed by atoms with Crippen LogP contribution in [0.3, 0.4) is 0 Å². The smallest absolute Gasteiger partial charge is 0.131 e. The molecule has 0 saturated carbocycles. The van der Waals surface area contributed by atoms with E-state index in [4.69, 9.17) is 16.2 Å². The summed E-state index contributed by atoms with van der Waals surface area (Å²) in [7, 11) is 0. The van der Waals surface area contributed by atoms with Crippen LogP contribution in [0.4, 0.5) is 0 Å². The summed E-state index contributed by atoms with van der Waals surface area (Å²) in [5.41, 5.74) is 13.8. The van der Waals surface area contributed by atoms with E-state index in [1.165, 1.54) is 0 Å². The van der Waals surface area contributed by atoms with Crippen LogP contribution >= 0.6 is 0 Å². The highest BCUT2D eigenvalue weighted by Gasteiger charge is 2.26. The Kier molecular flexibility index (Phi) is 5.12. The zero-order valence-corrected chi connectivity index (χ0v) is 14.6. The van der Waals surface area contributed by atoms with Gasteiger partial charge in [0.15, 0.2) is 0 Å². The maximum atomic E-state index is 6.31. The Balaban J connectivity index is 2.46. The Hall–Kier alpha value is -1.84. The molecule has 3 heteroatoms. The van der Waals surface area contributed by atoms with Crippen molar-refractivity contribution in [2.75, 3.05) is 13.1 Å². The van der Waals surface area contributed by atoms with Gasteiger partial charge < -0.3 is 16.2 Å². The summed E-state index contributed by atoms with van der Waals surface area (Å²) in [6.07, 6.45) is 0. The van der Waals surface area contributed by atoms with E-state index in [-0.39, 0.29) is 10.8 Å².